The molecule has 0 amide bonds. The molecule has 6 aromatic carbocycles. The van der Waals surface area contributed by atoms with Gasteiger partial charge in [-0.1, -0.05) is 134 Å². The molecule has 0 N–H and O–H groups in total. The van der Waals surface area contributed by atoms with Crippen LogP contribution < -0.4 is 4.90 Å². The molecule has 8 aromatic rings. The summed E-state index contributed by atoms with van der Waals surface area (Å²) in [7, 11) is 0. The zero-order valence-electron chi connectivity index (χ0n) is 24.8. The predicted octanol–water partition coefficient (Wildman–Crippen LogP) is 13.7. The monoisotopic (exact) mass is 653 g/mol. The third-order valence-corrected chi connectivity index (χ3v) is 9.05. The molecule has 2 heterocycles. The topological polar surface area (TPSA) is 16.4 Å². The van der Waals surface area contributed by atoms with Crippen molar-refractivity contribution in [3.05, 3.63) is 151 Å². The highest BCUT2D eigenvalue weighted by Crippen LogP contribution is 2.47. The van der Waals surface area contributed by atoms with Crippen LogP contribution >= 0.6 is 27.3 Å². The molecule has 2 nitrogen and oxygen atoms in total. The lowest BCUT2D eigenvalue weighted by Crippen LogP contribution is -2.10. The molecule has 0 radical (unpaired) electrons. The Morgan fingerprint density at radius 3 is 2.07 bits per heavy atom. The molecule has 0 fully saturated rings. The fourth-order valence-electron chi connectivity index (χ4n) is 5.61. The van der Waals surface area contributed by atoms with Gasteiger partial charge in [0.2, 0.25) is 0 Å². The van der Waals surface area contributed by atoms with E-state index < -0.39 is 0 Å². The summed E-state index contributed by atoms with van der Waals surface area (Å²) in [6, 6.07) is 43.1. The van der Waals surface area contributed by atoms with Crippen LogP contribution in [-0.4, -0.2) is 0 Å². The Morgan fingerprint density at radius 1 is 0.614 bits per heavy atom. The van der Waals surface area contributed by atoms with Gasteiger partial charge in [-0.2, -0.15) is 0 Å². The summed E-state index contributed by atoms with van der Waals surface area (Å²) in [5, 5.41) is 7.19. The maximum absolute atomic E-state index is 6.55. The molecule has 0 unspecified atom stereocenters. The number of benzene rings is 6. The van der Waals surface area contributed by atoms with Crippen molar-refractivity contribution < 1.29 is 4.42 Å². The fourth-order valence-corrected chi connectivity index (χ4v) is 7.19. The van der Waals surface area contributed by atoms with Crippen molar-refractivity contribution in [2.24, 2.45) is 0 Å². The van der Waals surface area contributed by atoms with Crippen molar-refractivity contribution in [3.8, 4) is 0 Å². The van der Waals surface area contributed by atoms with Gasteiger partial charge in [-0.15, -0.1) is 11.3 Å². The summed E-state index contributed by atoms with van der Waals surface area (Å²) < 4.78 is 10.1. The van der Waals surface area contributed by atoms with E-state index in [4.69, 9.17) is 4.42 Å². The first-order chi connectivity index (χ1) is 21.7. The van der Waals surface area contributed by atoms with Crippen LogP contribution in [0, 0.1) is 0 Å². The summed E-state index contributed by atoms with van der Waals surface area (Å²) in [4.78, 5) is 2.35. The number of nitrogens with zero attached hydrogens (tertiary/aromatic N) is 1. The van der Waals surface area contributed by atoms with Gasteiger partial charge in [-0.05, 0) is 47.9 Å². The molecule has 8 rings (SSSR count). The molecule has 44 heavy (non-hydrogen) atoms. The van der Waals surface area contributed by atoms with Gasteiger partial charge in [0.05, 0.1) is 11.4 Å². The van der Waals surface area contributed by atoms with Crippen LogP contribution in [0.4, 0.5) is 17.1 Å². The highest BCUT2D eigenvalue weighted by Gasteiger charge is 2.22. The number of hydrogen-bond donors (Lipinski definition) is 0. The number of rotatable bonds is 4. The minimum absolute atomic E-state index is 0.874. The van der Waals surface area contributed by atoms with E-state index in [1.807, 2.05) is 37.3 Å². The van der Waals surface area contributed by atoms with Crippen LogP contribution in [-0.2, 0) is 0 Å². The molecule has 0 bridgehead atoms. The standard InChI is InChI=1S/C34H20BrNOS.C4H6.C2H6/c35-22-18-28-25-11-3-5-14-31(25)37-34(28)30(19-22)36(29-13-7-9-21-8-1-2-10-24(21)29)23-16-17-27-26-12-4-6-15-32(26)38-33(27)20-23;1-3-4-2;1-2/h1-20H;3-4H,1-2H2;1-2H3. The zero-order valence-corrected chi connectivity index (χ0v) is 27.2. The molecule has 0 atom stereocenters. The summed E-state index contributed by atoms with van der Waals surface area (Å²) in [6.45, 7) is 10.7. The second-order valence-corrected chi connectivity index (χ2v) is 12.0. The lowest BCUT2D eigenvalue weighted by Gasteiger charge is -2.27. The van der Waals surface area contributed by atoms with Crippen LogP contribution in [0.2, 0.25) is 0 Å². The van der Waals surface area contributed by atoms with Crippen LogP contribution in [0.3, 0.4) is 0 Å². The summed E-state index contributed by atoms with van der Waals surface area (Å²) >= 11 is 5.65. The van der Waals surface area contributed by atoms with E-state index in [2.05, 4.69) is 143 Å². The molecular formula is C40H32BrNOS. The molecular weight excluding hydrogens is 622 g/mol. The zero-order chi connectivity index (χ0) is 30.6. The first kappa shape index (κ1) is 29.4. The quantitative estimate of drug-likeness (QED) is 0.176. The van der Waals surface area contributed by atoms with Crippen molar-refractivity contribution in [2.75, 3.05) is 4.90 Å². The van der Waals surface area contributed by atoms with E-state index in [0.29, 0.717) is 0 Å². The lowest BCUT2D eigenvalue weighted by molar-refractivity contribution is 0.669. The lowest BCUT2D eigenvalue weighted by atomic mass is 10.0. The molecule has 2 aromatic heterocycles. The first-order valence-electron chi connectivity index (χ1n) is 14.7. The minimum Gasteiger partial charge on any atom is -0.454 e. The second-order valence-electron chi connectivity index (χ2n) is 9.98. The average Bonchev–Trinajstić information content (AvgIpc) is 3.64. The maximum Gasteiger partial charge on any atom is 0.159 e. The first-order valence-corrected chi connectivity index (χ1v) is 16.3. The Kier molecular flexibility index (Phi) is 8.65. The van der Waals surface area contributed by atoms with Gasteiger partial charge in [-0.3, -0.25) is 0 Å². The van der Waals surface area contributed by atoms with Crippen LogP contribution in [0.1, 0.15) is 13.8 Å². The summed E-state index contributed by atoms with van der Waals surface area (Å²) in [5.41, 5.74) is 4.98. The Bertz CT molecular complexity index is 2260. The highest BCUT2D eigenvalue weighted by molar-refractivity contribution is 9.10. The normalized spacial score (nSPS) is 10.8. The van der Waals surface area contributed by atoms with Crippen LogP contribution in [0.5, 0.6) is 0 Å². The van der Waals surface area contributed by atoms with Crippen LogP contribution in [0.25, 0.3) is 52.9 Å². The van der Waals surface area contributed by atoms with Gasteiger partial charge in [0.25, 0.3) is 0 Å². The van der Waals surface area contributed by atoms with Gasteiger partial charge in [0, 0.05) is 46.5 Å². The number of halogens is 1. The molecule has 0 aliphatic heterocycles. The molecule has 216 valence electrons. The SMILES string of the molecule is Brc1cc(N(c2ccc3c(c2)sc2ccccc23)c2cccc3ccccc23)c2oc3ccccc3c2c1.C=CC=C.CC. The van der Waals surface area contributed by atoms with Gasteiger partial charge in [-0.25, -0.2) is 0 Å². The summed E-state index contributed by atoms with van der Waals surface area (Å²) in [6.07, 6.45) is 3.28. The number of furan rings is 1. The smallest absolute Gasteiger partial charge is 0.159 e. The van der Waals surface area contributed by atoms with Gasteiger partial charge in [0.15, 0.2) is 5.58 Å². The molecule has 0 saturated carbocycles. The molecule has 0 spiro atoms. The Hall–Kier alpha value is -4.64. The molecule has 0 saturated heterocycles. The Morgan fingerprint density at radius 2 is 1.27 bits per heavy atom. The van der Waals surface area contributed by atoms with E-state index in [1.165, 1.54) is 30.9 Å². The number of thiophene rings is 1. The van der Waals surface area contributed by atoms with Gasteiger partial charge < -0.3 is 9.32 Å². The molecule has 4 heteroatoms. The molecule has 0 aliphatic rings. The van der Waals surface area contributed by atoms with E-state index in [1.54, 1.807) is 12.2 Å². The number of fused-ring (bicyclic) bond motifs is 7. The minimum atomic E-state index is 0.874. The average molecular weight is 655 g/mol. The van der Waals surface area contributed by atoms with Crippen molar-refractivity contribution in [1.82, 2.24) is 0 Å². The number of allylic oxidation sites excluding steroid dienone is 2. The van der Waals surface area contributed by atoms with E-state index >= 15 is 0 Å². The van der Waals surface area contributed by atoms with Crippen molar-refractivity contribution in [2.45, 2.75) is 13.8 Å². The van der Waals surface area contributed by atoms with E-state index in [-0.39, 0.29) is 0 Å². The highest BCUT2D eigenvalue weighted by atomic mass is 79.9. The Balaban J connectivity index is 0.000000532. The molecule has 0 aliphatic carbocycles. The number of anilines is 3. The van der Waals surface area contributed by atoms with Gasteiger partial charge in [0.1, 0.15) is 5.58 Å². The van der Waals surface area contributed by atoms with E-state index in [0.717, 1.165) is 43.5 Å². The van der Waals surface area contributed by atoms with Crippen molar-refractivity contribution in [1.29, 1.82) is 0 Å². The van der Waals surface area contributed by atoms with Crippen molar-refractivity contribution >= 4 is 97.2 Å². The second kappa shape index (κ2) is 12.9. The predicted molar refractivity (Wildman–Crippen MR) is 198 cm³/mol. The van der Waals surface area contributed by atoms with E-state index in [9.17, 15) is 0 Å². The summed E-state index contributed by atoms with van der Waals surface area (Å²) in [5.74, 6) is 0. The fraction of sp³-hybridized carbons (Fsp3) is 0.0500. The third kappa shape index (κ3) is 5.32. The van der Waals surface area contributed by atoms with Crippen molar-refractivity contribution in [3.63, 3.8) is 0 Å². The van der Waals surface area contributed by atoms with Crippen LogP contribution in [0.15, 0.2) is 156 Å². The number of hydrogen-bond acceptors (Lipinski definition) is 3. The maximum atomic E-state index is 6.55. The number of para-hydroxylation sites is 1. The third-order valence-electron chi connectivity index (χ3n) is 7.46. The Labute approximate surface area is 270 Å². The largest absolute Gasteiger partial charge is 0.454 e. The van der Waals surface area contributed by atoms with Gasteiger partial charge >= 0.3 is 0 Å².